The van der Waals surface area contributed by atoms with E-state index in [-0.39, 0.29) is 40.5 Å². The lowest BCUT2D eigenvalue weighted by atomic mass is 9.81. The number of benzene rings is 1. The molecule has 2 fully saturated rings. The quantitative estimate of drug-likeness (QED) is 0.458. The standard InChI is InChI=1S/C26H41N3O4S/c1-19(2)24(26(31)28-22-10-6-3-4-7-11-22)29-25(30)21-16-14-20(15-17-21)18-27-34(32,33)23-12-8-5-9-13-23/h5,8-9,12-13,19-22,24,27H,3-4,6-7,10-11,14-18H2,1-2H3,(H,28,31)(H,29,30)/t20?,21?,24-/m0/s1. The van der Waals surface area contributed by atoms with Crippen molar-refractivity contribution in [2.75, 3.05) is 6.54 Å². The van der Waals surface area contributed by atoms with Crippen molar-refractivity contribution in [2.24, 2.45) is 17.8 Å². The summed E-state index contributed by atoms with van der Waals surface area (Å²) >= 11 is 0. The van der Waals surface area contributed by atoms with Crippen LogP contribution in [0.5, 0.6) is 0 Å². The number of carbonyl (C=O) groups is 2. The zero-order valence-corrected chi connectivity index (χ0v) is 21.4. The lowest BCUT2D eigenvalue weighted by Crippen LogP contribution is -2.53. The summed E-state index contributed by atoms with van der Waals surface area (Å²) < 4.78 is 27.6. The summed E-state index contributed by atoms with van der Waals surface area (Å²) in [5, 5.41) is 6.20. The Labute approximate surface area is 204 Å². The molecule has 1 atom stereocenters. The molecule has 3 rings (SSSR count). The van der Waals surface area contributed by atoms with Gasteiger partial charge >= 0.3 is 0 Å². The van der Waals surface area contributed by atoms with Gasteiger partial charge in [0.15, 0.2) is 0 Å². The van der Waals surface area contributed by atoms with Crippen LogP contribution in [-0.2, 0) is 19.6 Å². The van der Waals surface area contributed by atoms with Gasteiger partial charge in [-0.1, -0.05) is 57.7 Å². The van der Waals surface area contributed by atoms with Crippen molar-refractivity contribution in [1.29, 1.82) is 0 Å². The molecule has 0 unspecified atom stereocenters. The Hall–Kier alpha value is -1.93. The van der Waals surface area contributed by atoms with Crippen molar-refractivity contribution in [1.82, 2.24) is 15.4 Å². The van der Waals surface area contributed by atoms with Crippen molar-refractivity contribution >= 4 is 21.8 Å². The SMILES string of the molecule is CC(C)[C@H](NC(=O)C1CCC(CNS(=O)(=O)c2ccccc2)CC1)C(=O)NC1CCCCCC1. The van der Waals surface area contributed by atoms with Crippen molar-refractivity contribution in [2.45, 2.75) is 95.0 Å². The van der Waals surface area contributed by atoms with Crippen LogP contribution in [0.2, 0.25) is 0 Å². The van der Waals surface area contributed by atoms with Crippen LogP contribution >= 0.6 is 0 Å². The molecule has 2 aliphatic rings. The van der Waals surface area contributed by atoms with Gasteiger partial charge in [0, 0.05) is 18.5 Å². The summed E-state index contributed by atoms with van der Waals surface area (Å²) in [7, 11) is -3.51. The number of rotatable bonds is 9. The van der Waals surface area contributed by atoms with Gasteiger partial charge in [0.2, 0.25) is 21.8 Å². The van der Waals surface area contributed by atoms with E-state index >= 15 is 0 Å². The van der Waals surface area contributed by atoms with E-state index in [4.69, 9.17) is 0 Å². The fraction of sp³-hybridized carbons (Fsp3) is 0.692. The van der Waals surface area contributed by atoms with Crippen molar-refractivity contribution in [3.63, 3.8) is 0 Å². The Morgan fingerprint density at radius 1 is 0.912 bits per heavy atom. The predicted octanol–water partition coefficient (Wildman–Crippen LogP) is 3.75. The summed E-state index contributed by atoms with van der Waals surface area (Å²) in [5.74, 6) is -0.0355. The second-order valence-electron chi connectivity index (χ2n) is 10.3. The van der Waals surface area contributed by atoms with Crippen LogP contribution in [0, 0.1) is 17.8 Å². The molecule has 2 amide bonds. The van der Waals surface area contributed by atoms with Crippen molar-refractivity contribution in [3.05, 3.63) is 30.3 Å². The van der Waals surface area contributed by atoms with Gasteiger partial charge < -0.3 is 10.6 Å². The topological polar surface area (TPSA) is 104 Å². The molecule has 2 aliphatic carbocycles. The fourth-order valence-electron chi connectivity index (χ4n) is 5.06. The van der Waals surface area contributed by atoms with Crippen LogP contribution in [0.4, 0.5) is 0 Å². The highest BCUT2D eigenvalue weighted by Crippen LogP contribution is 2.29. The molecule has 0 aliphatic heterocycles. The maximum atomic E-state index is 13.0. The Bertz CT molecular complexity index is 888. The van der Waals surface area contributed by atoms with Gasteiger partial charge in [-0.2, -0.15) is 0 Å². The molecule has 8 heteroatoms. The Balaban J connectivity index is 1.45. The van der Waals surface area contributed by atoms with Gasteiger partial charge in [-0.05, 0) is 62.5 Å². The first-order chi connectivity index (χ1) is 16.3. The molecule has 7 nitrogen and oxygen atoms in total. The van der Waals surface area contributed by atoms with E-state index in [2.05, 4.69) is 15.4 Å². The van der Waals surface area contributed by atoms with Crippen molar-refractivity contribution in [3.8, 4) is 0 Å². The van der Waals surface area contributed by atoms with E-state index in [0.717, 1.165) is 38.5 Å². The molecular weight excluding hydrogens is 450 g/mol. The zero-order valence-electron chi connectivity index (χ0n) is 20.6. The summed E-state index contributed by atoms with van der Waals surface area (Å²) in [4.78, 5) is 26.2. The van der Waals surface area contributed by atoms with Gasteiger partial charge in [0.25, 0.3) is 0 Å². The number of amides is 2. The molecule has 2 saturated carbocycles. The molecule has 0 aromatic heterocycles. The third-order valence-corrected chi connectivity index (χ3v) is 8.72. The third kappa shape index (κ3) is 7.80. The molecule has 0 radical (unpaired) electrons. The molecule has 0 heterocycles. The molecule has 190 valence electrons. The molecule has 34 heavy (non-hydrogen) atoms. The van der Waals surface area contributed by atoms with E-state index in [9.17, 15) is 18.0 Å². The summed E-state index contributed by atoms with van der Waals surface area (Å²) in [5.41, 5.74) is 0. The van der Waals surface area contributed by atoms with Crippen LogP contribution in [0.1, 0.15) is 78.1 Å². The molecular formula is C26H41N3O4S. The molecule has 0 saturated heterocycles. The van der Waals surface area contributed by atoms with Crippen LogP contribution in [-0.4, -0.2) is 38.9 Å². The van der Waals surface area contributed by atoms with E-state index in [1.807, 2.05) is 13.8 Å². The summed E-state index contributed by atoms with van der Waals surface area (Å²) in [6.45, 7) is 4.31. The van der Waals surface area contributed by atoms with Crippen LogP contribution in [0.15, 0.2) is 35.2 Å². The number of hydrogen-bond acceptors (Lipinski definition) is 4. The van der Waals surface area contributed by atoms with Crippen LogP contribution < -0.4 is 15.4 Å². The number of carbonyl (C=O) groups excluding carboxylic acids is 2. The van der Waals surface area contributed by atoms with Crippen LogP contribution in [0.3, 0.4) is 0 Å². The smallest absolute Gasteiger partial charge is 0.243 e. The monoisotopic (exact) mass is 491 g/mol. The second-order valence-corrected chi connectivity index (χ2v) is 12.1. The second kappa shape index (κ2) is 12.7. The Morgan fingerprint density at radius 2 is 1.53 bits per heavy atom. The largest absolute Gasteiger partial charge is 0.352 e. The third-order valence-electron chi connectivity index (χ3n) is 7.28. The molecule has 3 N–H and O–H groups in total. The summed E-state index contributed by atoms with van der Waals surface area (Å²) in [6, 6.07) is 8.06. The van der Waals surface area contributed by atoms with Crippen LogP contribution in [0.25, 0.3) is 0 Å². The maximum absolute atomic E-state index is 13.0. The minimum atomic E-state index is -3.51. The minimum Gasteiger partial charge on any atom is -0.352 e. The molecule has 0 bridgehead atoms. The maximum Gasteiger partial charge on any atom is 0.243 e. The van der Waals surface area contributed by atoms with E-state index in [1.165, 1.54) is 12.8 Å². The van der Waals surface area contributed by atoms with E-state index in [1.54, 1.807) is 30.3 Å². The normalized spacial score (nSPS) is 23.1. The highest BCUT2D eigenvalue weighted by molar-refractivity contribution is 7.89. The lowest BCUT2D eigenvalue weighted by molar-refractivity contribution is -0.133. The van der Waals surface area contributed by atoms with E-state index in [0.29, 0.717) is 19.4 Å². The number of nitrogens with one attached hydrogen (secondary N) is 3. The van der Waals surface area contributed by atoms with Gasteiger partial charge in [0.05, 0.1) is 4.90 Å². The lowest BCUT2D eigenvalue weighted by Gasteiger charge is -2.30. The highest BCUT2D eigenvalue weighted by atomic mass is 32.2. The van der Waals surface area contributed by atoms with Gasteiger partial charge in [-0.15, -0.1) is 0 Å². The average molecular weight is 492 g/mol. The highest BCUT2D eigenvalue weighted by Gasteiger charge is 2.32. The zero-order chi connectivity index (χ0) is 24.6. The average Bonchev–Trinajstić information content (AvgIpc) is 3.10. The number of sulfonamides is 1. The predicted molar refractivity (Wildman–Crippen MR) is 133 cm³/mol. The first-order valence-electron chi connectivity index (χ1n) is 12.9. The van der Waals surface area contributed by atoms with Gasteiger partial charge in [0.1, 0.15) is 6.04 Å². The molecule has 1 aromatic carbocycles. The first kappa shape index (κ1) is 26.7. The molecule has 0 spiro atoms. The minimum absolute atomic E-state index is 0.0125. The van der Waals surface area contributed by atoms with Gasteiger partial charge in [-0.25, -0.2) is 13.1 Å². The molecule has 1 aromatic rings. The summed E-state index contributed by atoms with van der Waals surface area (Å²) in [6.07, 6.45) is 9.78. The van der Waals surface area contributed by atoms with Crippen molar-refractivity contribution < 1.29 is 18.0 Å². The van der Waals surface area contributed by atoms with E-state index < -0.39 is 16.1 Å². The number of hydrogen-bond donors (Lipinski definition) is 3. The first-order valence-corrected chi connectivity index (χ1v) is 14.4. The Kier molecular flexibility index (Phi) is 9.95. The fourth-order valence-corrected chi connectivity index (χ4v) is 6.20. The Morgan fingerprint density at radius 3 is 2.12 bits per heavy atom. The van der Waals surface area contributed by atoms with Gasteiger partial charge in [-0.3, -0.25) is 9.59 Å².